The molecule has 0 aromatic carbocycles. The summed E-state index contributed by atoms with van der Waals surface area (Å²) in [6.07, 6.45) is 5.10. The second kappa shape index (κ2) is 2.40. The third-order valence-electron chi connectivity index (χ3n) is 5.14. The molecule has 0 N–H and O–H groups in total. The second-order valence-electron chi connectivity index (χ2n) is 5.76. The van der Waals surface area contributed by atoms with Gasteiger partial charge in [-0.2, -0.15) is 0 Å². The first-order valence-electron chi connectivity index (χ1n) is 5.65. The van der Waals surface area contributed by atoms with Crippen molar-refractivity contribution in [3.8, 4) is 0 Å². The third-order valence-corrected chi connectivity index (χ3v) is 5.14. The molecule has 2 fully saturated rings. The number of hydrogen-bond acceptors (Lipinski definition) is 0. The van der Waals surface area contributed by atoms with Gasteiger partial charge in [0.05, 0.1) is 0 Å². The molecule has 0 aromatic rings. The maximum absolute atomic E-state index is 2.48. The van der Waals surface area contributed by atoms with Crippen molar-refractivity contribution >= 4 is 0 Å². The van der Waals surface area contributed by atoms with Gasteiger partial charge in [-0.3, -0.25) is 0 Å². The van der Waals surface area contributed by atoms with Gasteiger partial charge < -0.3 is 0 Å². The zero-order valence-electron chi connectivity index (χ0n) is 9.65. The fourth-order valence-electron chi connectivity index (χ4n) is 3.74. The van der Waals surface area contributed by atoms with E-state index in [0.717, 1.165) is 11.8 Å². The Morgan fingerprint density at radius 1 is 1.38 bits per heavy atom. The molecule has 2 rings (SSSR count). The minimum atomic E-state index is 0.585. The standard InChI is InChI=1S/C13H22/c1-6-7-10-9(2)13(5)11(10)8-12(13,3)4/h7,9,11H,6,8H2,1-5H3. The molecular weight excluding hydrogens is 156 g/mol. The molecule has 2 aliphatic carbocycles. The number of allylic oxidation sites excluding steroid dienone is 2. The highest BCUT2D eigenvalue weighted by Crippen LogP contribution is 2.75. The minimum Gasteiger partial charge on any atom is -0.0850 e. The second-order valence-corrected chi connectivity index (χ2v) is 5.76. The predicted molar refractivity (Wildman–Crippen MR) is 57.5 cm³/mol. The van der Waals surface area contributed by atoms with Crippen molar-refractivity contribution in [2.24, 2.45) is 22.7 Å². The van der Waals surface area contributed by atoms with Gasteiger partial charge in [0.15, 0.2) is 0 Å². The van der Waals surface area contributed by atoms with Crippen LogP contribution in [0.5, 0.6) is 0 Å². The average molecular weight is 178 g/mol. The zero-order valence-corrected chi connectivity index (χ0v) is 9.65. The predicted octanol–water partition coefficient (Wildman–Crippen LogP) is 4.02. The summed E-state index contributed by atoms with van der Waals surface area (Å²) in [5, 5.41) is 0. The topological polar surface area (TPSA) is 0 Å². The van der Waals surface area contributed by atoms with Crippen molar-refractivity contribution in [1.82, 2.24) is 0 Å². The Labute approximate surface area is 82.4 Å². The Morgan fingerprint density at radius 2 is 2.00 bits per heavy atom. The normalized spacial score (nSPS) is 49.5. The largest absolute Gasteiger partial charge is 0.0850 e. The Morgan fingerprint density at radius 3 is 2.38 bits per heavy atom. The van der Waals surface area contributed by atoms with Gasteiger partial charge in [0.25, 0.3) is 0 Å². The van der Waals surface area contributed by atoms with Crippen molar-refractivity contribution < 1.29 is 0 Å². The molecule has 74 valence electrons. The maximum Gasteiger partial charge on any atom is -0.0130 e. The van der Waals surface area contributed by atoms with Gasteiger partial charge >= 0.3 is 0 Å². The molecule has 3 atom stereocenters. The van der Waals surface area contributed by atoms with Crippen molar-refractivity contribution in [3.63, 3.8) is 0 Å². The summed E-state index contributed by atoms with van der Waals surface area (Å²) in [5.41, 5.74) is 2.96. The number of rotatable bonds is 1. The van der Waals surface area contributed by atoms with Crippen LogP contribution in [0.15, 0.2) is 11.6 Å². The molecule has 2 saturated carbocycles. The van der Waals surface area contributed by atoms with Gasteiger partial charge in [-0.15, -0.1) is 0 Å². The highest BCUT2D eigenvalue weighted by Gasteiger charge is 2.68. The highest BCUT2D eigenvalue weighted by molar-refractivity contribution is 5.36. The summed E-state index contributed by atoms with van der Waals surface area (Å²) in [4.78, 5) is 0. The van der Waals surface area contributed by atoms with E-state index in [1.165, 1.54) is 12.8 Å². The fourth-order valence-corrected chi connectivity index (χ4v) is 3.74. The van der Waals surface area contributed by atoms with Crippen LogP contribution in [0.3, 0.4) is 0 Å². The van der Waals surface area contributed by atoms with Crippen LogP contribution in [0.25, 0.3) is 0 Å². The fraction of sp³-hybridized carbons (Fsp3) is 0.846. The van der Waals surface area contributed by atoms with Gasteiger partial charge in [-0.05, 0) is 35.5 Å². The van der Waals surface area contributed by atoms with E-state index < -0.39 is 0 Å². The summed E-state index contributed by atoms with van der Waals surface area (Å²) in [5.74, 6) is 1.76. The molecule has 0 nitrogen and oxygen atoms in total. The molecule has 0 heteroatoms. The lowest BCUT2D eigenvalue weighted by atomic mass is 9.31. The Balaban J connectivity index is 2.22. The molecule has 0 bridgehead atoms. The van der Waals surface area contributed by atoms with E-state index >= 15 is 0 Å². The van der Waals surface area contributed by atoms with E-state index in [0.29, 0.717) is 10.8 Å². The molecular formula is C13H22. The summed E-state index contributed by atoms with van der Waals surface area (Å²) < 4.78 is 0. The van der Waals surface area contributed by atoms with Crippen LogP contribution in [0.1, 0.15) is 47.5 Å². The molecule has 0 amide bonds. The molecule has 2 aliphatic rings. The first-order valence-corrected chi connectivity index (χ1v) is 5.65. The van der Waals surface area contributed by atoms with E-state index in [1.807, 2.05) is 0 Å². The summed E-state index contributed by atoms with van der Waals surface area (Å²) >= 11 is 0. The van der Waals surface area contributed by atoms with Crippen molar-refractivity contribution in [2.75, 3.05) is 0 Å². The minimum absolute atomic E-state index is 0.585. The summed E-state index contributed by atoms with van der Waals surface area (Å²) in [7, 11) is 0. The quantitative estimate of drug-likeness (QED) is 0.532. The number of fused-ring (bicyclic) bond motifs is 1. The molecule has 3 unspecified atom stereocenters. The third kappa shape index (κ3) is 0.825. The lowest BCUT2D eigenvalue weighted by Gasteiger charge is -2.73. The first-order chi connectivity index (χ1) is 5.95. The van der Waals surface area contributed by atoms with E-state index in [-0.39, 0.29) is 0 Å². The van der Waals surface area contributed by atoms with E-state index in [4.69, 9.17) is 0 Å². The van der Waals surface area contributed by atoms with Crippen LogP contribution in [0.2, 0.25) is 0 Å². The van der Waals surface area contributed by atoms with E-state index in [1.54, 1.807) is 5.57 Å². The average Bonchev–Trinajstić information content (AvgIpc) is 2.09. The zero-order chi connectivity index (χ0) is 9.85. The summed E-state index contributed by atoms with van der Waals surface area (Å²) in [6, 6.07) is 0. The van der Waals surface area contributed by atoms with Crippen LogP contribution in [-0.4, -0.2) is 0 Å². The van der Waals surface area contributed by atoms with E-state index in [2.05, 4.69) is 40.7 Å². The lowest BCUT2D eigenvalue weighted by molar-refractivity contribution is -0.179. The van der Waals surface area contributed by atoms with Crippen molar-refractivity contribution in [3.05, 3.63) is 11.6 Å². The molecule has 0 saturated heterocycles. The van der Waals surface area contributed by atoms with Crippen LogP contribution < -0.4 is 0 Å². The van der Waals surface area contributed by atoms with Crippen LogP contribution in [0, 0.1) is 22.7 Å². The van der Waals surface area contributed by atoms with Gasteiger partial charge in [0, 0.05) is 0 Å². The molecule has 0 aliphatic heterocycles. The number of hydrogen-bond donors (Lipinski definition) is 0. The van der Waals surface area contributed by atoms with Gasteiger partial charge in [0.2, 0.25) is 0 Å². The first kappa shape index (κ1) is 9.30. The molecule has 0 heterocycles. The molecule has 0 spiro atoms. The summed E-state index contributed by atoms with van der Waals surface area (Å²) in [6.45, 7) is 12.0. The maximum atomic E-state index is 2.48. The Hall–Kier alpha value is -0.260. The monoisotopic (exact) mass is 178 g/mol. The van der Waals surface area contributed by atoms with Crippen LogP contribution in [-0.2, 0) is 0 Å². The lowest BCUT2D eigenvalue weighted by Crippen LogP contribution is -2.66. The van der Waals surface area contributed by atoms with Crippen LogP contribution >= 0.6 is 0 Å². The van der Waals surface area contributed by atoms with E-state index in [9.17, 15) is 0 Å². The van der Waals surface area contributed by atoms with Crippen molar-refractivity contribution in [2.45, 2.75) is 47.5 Å². The van der Waals surface area contributed by atoms with Crippen molar-refractivity contribution in [1.29, 1.82) is 0 Å². The molecule has 0 radical (unpaired) electrons. The SMILES string of the molecule is CCC=C1C(C)C2(C)C1CC2(C)C. The smallest absolute Gasteiger partial charge is 0.0130 e. The van der Waals surface area contributed by atoms with Gasteiger partial charge in [0.1, 0.15) is 0 Å². The van der Waals surface area contributed by atoms with Gasteiger partial charge in [-0.1, -0.05) is 46.3 Å². The van der Waals surface area contributed by atoms with Crippen LogP contribution in [0.4, 0.5) is 0 Å². The molecule has 13 heavy (non-hydrogen) atoms. The Bertz CT molecular complexity index is 249. The van der Waals surface area contributed by atoms with Gasteiger partial charge in [-0.25, -0.2) is 0 Å². The molecule has 0 aromatic heterocycles. The Kier molecular flexibility index (Phi) is 1.72. The highest BCUT2D eigenvalue weighted by atomic mass is 14.7.